The zero-order valence-electron chi connectivity index (χ0n) is 11.0. The Labute approximate surface area is 108 Å². The third-order valence-corrected chi connectivity index (χ3v) is 2.37. The Bertz CT molecular complexity index is 369. The number of hydrogen-bond donors (Lipinski definition) is 3. The van der Waals surface area contributed by atoms with Crippen LogP contribution < -0.4 is 20.7 Å². The number of nitrogens with one attached hydrogen (secondary N) is 3. The minimum Gasteiger partial charge on any atom is -0.494 e. The summed E-state index contributed by atoms with van der Waals surface area (Å²) >= 11 is 0. The lowest BCUT2D eigenvalue weighted by Crippen LogP contribution is -2.38. The first-order chi connectivity index (χ1) is 8.77. The van der Waals surface area contributed by atoms with Crippen molar-refractivity contribution in [2.45, 2.75) is 13.5 Å². The number of para-hydroxylation sites is 1. The quantitative estimate of drug-likeness (QED) is 0.636. The van der Waals surface area contributed by atoms with Crippen molar-refractivity contribution in [1.82, 2.24) is 16.0 Å². The predicted molar refractivity (Wildman–Crippen MR) is 71.8 cm³/mol. The first-order valence-electron chi connectivity index (χ1n) is 6.15. The normalized spacial score (nSPS) is 9.89. The Morgan fingerprint density at radius 3 is 2.72 bits per heavy atom. The van der Waals surface area contributed by atoms with Gasteiger partial charge in [0.05, 0.1) is 6.61 Å². The molecule has 1 aromatic rings. The molecule has 5 heteroatoms. The minimum absolute atomic E-state index is 0.170. The van der Waals surface area contributed by atoms with Gasteiger partial charge in [0.15, 0.2) is 0 Å². The Morgan fingerprint density at radius 2 is 2.00 bits per heavy atom. The molecule has 0 bridgehead atoms. The maximum Gasteiger partial charge on any atom is 0.315 e. The van der Waals surface area contributed by atoms with Crippen molar-refractivity contribution in [3.8, 4) is 5.75 Å². The average molecular weight is 251 g/mol. The Balaban J connectivity index is 2.40. The molecule has 0 saturated heterocycles. The van der Waals surface area contributed by atoms with Gasteiger partial charge >= 0.3 is 6.03 Å². The Hall–Kier alpha value is -1.75. The summed E-state index contributed by atoms with van der Waals surface area (Å²) in [7, 11) is 1.85. The van der Waals surface area contributed by atoms with Crippen LogP contribution in [-0.4, -0.2) is 32.8 Å². The van der Waals surface area contributed by atoms with Crippen LogP contribution in [0, 0.1) is 0 Å². The van der Waals surface area contributed by atoms with E-state index in [4.69, 9.17) is 4.74 Å². The van der Waals surface area contributed by atoms with E-state index in [0.717, 1.165) is 17.9 Å². The molecule has 1 aromatic carbocycles. The Kier molecular flexibility index (Phi) is 6.64. The van der Waals surface area contributed by atoms with Gasteiger partial charge < -0.3 is 20.7 Å². The zero-order valence-corrected chi connectivity index (χ0v) is 11.0. The third-order valence-electron chi connectivity index (χ3n) is 2.37. The van der Waals surface area contributed by atoms with Crippen molar-refractivity contribution in [2.75, 3.05) is 26.7 Å². The number of benzene rings is 1. The fourth-order valence-electron chi connectivity index (χ4n) is 1.49. The lowest BCUT2D eigenvalue weighted by atomic mass is 10.2. The molecule has 3 N–H and O–H groups in total. The van der Waals surface area contributed by atoms with Crippen LogP contribution in [0.5, 0.6) is 5.75 Å². The minimum atomic E-state index is -0.170. The van der Waals surface area contributed by atoms with Gasteiger partial charge in [-0.25, -0.2) is 4.79 Å². The number of likely N-dealkylation sites (N-methyl/N-ethyl adjacent to an activating group) is 1. The van der Waals surface area contributed by atoms with E-state index in [1.807, 2.05) is 38.2 Å². The van der Waals surface area contributed by atoms with Crippen LogP contribution >= 0.6 is 0 Å². The summed E-state index contributed by atoms with van der Waals surface area (Å²) in [5, 5.41) is 8.51. The molecule has 5 nitrogen and oxygen atoms in total. The average Bonchev–Trinajstić information content (AvgIpc) is 2.38. The van der Waals surface area contributed by atoms with E-state index in [0.29, 0.717) is 19.7 Å². The van der Waals surface area contributed by atoms with Gasteiger partial charge in [-0.3, -0.25) is 0 Å². The molecule has 0 heterocycles. The van der Waals surface area contributed by atoms with Crippen LogP contribution in [0.15, 0.2) is 24.3 Å². The molecule has 18 heavy (non-hydrogen) atoms. The molecule has 0 aliphatic rings. The maximum absolute atomic E-state index is 11.5. The van der Waals surface area contributed by atoms with Crippen LogP contribution in [0.1, 0.15) is 12.5 Å². The molecule has 0 fully saturated rings. The monoisotopic (exact) mass is 251 g/mol. The lowest BCUT2D eigenvalue weighted by molar-refractivity contribution is 0.240. The summed E-state index contributed by atoms with van der Waals surface area (Å²) in [5.74, 6) is 0.815. The summed E-state index contributed by atoms with van der Waals surface area (Å²) in [6.07, 6.45) is 0. The van der Waals surface area contributed by atoms with Crippen LogP contribution in [0.4, 0.5) is 4.79 Å². The van der Waals surface area contributed by atoms with Crippen LogP contribution in [0.3, 0.4) is 0 Å². The smallest absolute Gasteiger partial charge is 0.315 e. The van der Waals surface area contributed by atoms with Crippen LogP contribution in [-0.2, 0) is 6.54 Å². The largest absolute Gasteiger partial charge is 0.494 e. The van der Waals surface area contributed by atoms with Gasteiger partial charge in [0.2, 0.25) is 0 Å². The standard InChI is InChI=1S/C13H21N3O2/c1-3-18-12-7-5-4-6-11(12)10-16-13(17)15-9-8-14-2/h4-7,14H,3,8-10H2,1-2H3,(H2,15,16,17). The predicted octanol–water partition coefficient (Wildman–Crippen LogP) is 1.10. The highest BCUT2D eigenvalue weighted by molar-refractivity contribution is 5.73. The van der Waals surface area contributed by atoms with Gasteiger partial charge in [0, 0.05) is 25.2 Å². The summed E-state index contributed by atoms with van der Waals surface area (Å²) in [4.78, 5) is 11.5. The number of hydrogen-bond acceptors (Lipinski definition) is 3. The molecule has 0 aliphatic heterocycles. The van der Waals surface area contributed by atoms with E-state index >= 15 is 0 Å². The van der Waals surface area contributed by atoms with Gasteiger partial charge in [-0.15, -0.1) is 0 Å². The SMILES string of the molecule is CCOc1ccccc1CNC(=O)NCCNC. The van der Waals surface area contributed by atoms with Gasteiger partial charge in [0.1, 0.15) is 5.75 Å². The zero-order chi connectivity index (χ0) is 13.2. The van der Waals surface area contributed by atoms with Crippen molar-refractivity contribution in [3.05, 3.63) is 29.8 Å². The molecule has 0 aromatic heterocycles. The van der Waals surface area contributed by atoms with E-state index < -0.39 is 0 Å². The number of amides is 2. The molecule has 1 rings (SSSR count). The highest BCUT2D eigenvalue weighted by atomic mass is 16.5. The van der Waals surface area contributed by atoms with Crippen molar-refractivity contribution in [2.24, 2.45) is 0 Å². The number of carbonyl (C=O) groups is 1. The number of ether oxygens (including phenoxy) is 1. The summed E-state index contributed by atoms with van der Waals surface area (Å²) < 4.78 is 5.49. The second kappa shape index (κ2) is 8.36. The molecular formula is C13H21N3O2. The van der Waals surface area contributed by atoms with E-state index in [1.165, 1.54) is 0 Å². The Morgan fingerprint density at radius 1 is 1.22 bits per heavy atom. The van der Waals surface area contributed by atoms with E-state index in [1.54, 1.807) is 0 Å². The molecule has 0 spiro atoms. The molecule has 0 atom stereocenters. The van der Waals surface area contributed by atoms with Crippen molar-refractivity contribution < 1.29 is 9.53 Å². The molecule has 0 radical (unpaired) electrons. The first-order valence-corrected chi connectivity index (χ1v) is 6.15. The van der Waals surface area contributed by atoms with Gasteiger partial charge in [-0.05, 0) is 20.0 Å². The molecular weight excluding hydrogens is 230 g/mol. The van der Waals surface area contributed by atoms with E-state index in [-0.39, 0.29) is 6.03 Å². The number of rotatable bonds is 7. The van der Waals surface area contributed by atoms with Gasteiger partial charge in [-0.1, -0.05) is 18.2 Å². The van der Waals surface area contributed by atoms with Crippen LogP contribution in [0.2, 0.25) is 0 Å². The van der Waals surface area contributed by atoms with E-state index in [2.05, 4.69) is 16.0 Å². The van der Waals surface area contributed by atoms with Crippen molar-refractivity contribution in [1.29, 1.82) is 0 Å². The topological polar surface area (TPSA) is 62.4 Å². The summed E-state index contributed by atoms with van der Waals surface area (Å²) in [6, 6.07) is 7.52. The van der Waals surface area contributed by atoms with Gasteiger partial charge in [-0.2, -0.15) is 0 Å². The van der Waals surface area contributed by atoms with Crippen molar-refractivity contribution >= 4 is 6.03 Å². The van der Waals surface area contributed by atoms with Crippen molar-refractivity contribution in [3.63, 3.8) is 0 Å². The molecule has 2 amide bonds. The lowest BCUT2D eigenvalue weighted by Gasteiger charge is -2.11. The summed E-state index contributed by atoms with van der Waals surface area (Å²) in [6.45, 7) is 4.37. The first kappa shape index (κ1) is 14.3. The fourth-order valence-corrected chi connectivity index (χ4v) is 1.49. The number of carbonyl (C=O) groups excluding carboxylic acids is 1. The van der Waals surface area contributed by atoms with E-state index in [9.17, 15) is 4.79 Å². The highest BCUT2D eigenvalue weighted by Crippen LogP contribution is 2.17. The fraction of sp³-hybridized carbons (Fsp3) is 0.462. The molecule has 100 valence electrons. The van der Waals surface area contributed by atoms with Crippen LogP contribution in [0.25, 0.3) is 0 Å². The third kappa shape index (κ3) is 5.05. The van der Waals surface area contributed by atoms with Gasteiger partial charge in [0.25, 0.3) is 0 Å². The molecule has 0 aliphatic carbocycles. The summed E-state index contributed by atoms with van der Waals surface area (Å²) in [5.41, 5.74) is 0.975. The maximum atomic E-state index is 11.5. The number of urea groups is 1. The second-order valence-corrected chi connectivity index (χ2v) is 3.75. The highest BCUT2D eigenvalue weighted by Gasteiger charge is 2.04. The molecule has 0 unspecified atom stereocenters. The molecule has 0 saturated carbocycles. The second-order valence-electron chi connectivity index (χ2n) is 3.75.